The minimum Gasteiger partial charge on any atom is -0.379 e. The average molecular weight is 426 g/mol. The number of halogens is 1. The second-order valence-corrected chi connectivity index (χ2v) is 7.69. The molecule has 1 aliphatic heterocycles. The van der Waals surface area contributed by atoms with Crippen LogP contribution in [0.25, 0.3) is 0 Å². The van der Waals surface area contributed by atoms with Crippen LogP contribution < -0.4 is 10.6 Å². The van der Waals surface area contributed by atoms with Crippen molar-refractivity contribution in [3.8, 4) is 0 Å². The minimum absolute atomic E-state index is 0.0417. The van der Waals surface area contributed by atoms with Crippen molar-refractivity contribution >= 4 is 27.7 Å². The minimum atomic E-state index is -0.168. The first-order valence-corrected chi connectivity index (χ1v) is 9.89. The van der Waals surface area contributed by atoms with E-state index in [0.29, 0.717) is 30.6 Å². The molecule has 2 N–H and O–H groups in total. The van der Waals surface area contributed by atoms with Gasteiger partial charge in [0, 0.05) is 48.7 Å². The number of carbonyl (C=O) groups excluding carboxylic acids is 2. The van der Waals surface area contributed by atoms with Crippen LogP contribution in [0, 0.1) is 5.92 Å². The fraction of sp³-hybridized carbons (Fsp3) is 0.579. The van der Waals surface area contributed by atoms with Gasteiger partial charge in [0.05, 0.1) is 13.2 Å². The molecule has 1 aliphatic rings. The highest BCUT2D eigenvalue weighted by atomic mass is 79.9. The van der Waals surface area contributed by atoms with Gasteiger partial charge in [0.15, 0.2) is 0 Å². The van der Waals surface area contributed by atoms with E-state index in [-0.39, 0.29) is 18.2 Å². The normalized spacial score (nSPS) is 16.3. The van der Waals surface area contributed by atoms with E-state index < -0.39 is 0 Å². The SMILES string of the molecule is CC(C)C(CNC(=O)CCNC(=O)c1ccc(Br)cc1)N1CCOCC1. The van der Waals surface area contributed by atoms with Gasteiger partial charge in [0.2, 0.25) is 5.91 Å². The van der Waals surface area contributed by atoms with E-state index in [2.05, 4.69) is 45.3 Å². The number of carbonyl (C=O) groups is 2. The molecule has 144 valence electrons. The van der Waals surface area contributed by atoms with Gasteiger partial charge in [-0.3, -0.25) is 14.5 Å². The van der Waals surface area contributed by atoms with Crippen molar-refractivity contribution in [3.63, 3.8) is 0 Å². The van der Waals surface area contributed by atoms with Gasteiger partial charge in [-0.05, 0) is 30.2 Å². The zero-order valence-electron chi connectivity index (χ0n) is 15.5. The van der Waals surface area contributed by atoms with Crippen LogP contribution in [0.3, 0.4) is 0 Å². The molecule has 0 bridgehead atoms. The van der Waals surface area contributed by atoms with Gasteiger partial charge in [0.25, 0.3) is 5.91 Å². The van der Waals surface area contributed by atoms with E-state index in [0.717, 1.165) is 30.8 Å². The quantitative estimate of drug-likeness (QED) is 0.668. The highest BCUT2D eigenvalue weighted by molar-refractivity contribution is 9.10. The third kappa shape index (κ3) is 6.70. The molecule has 26 heavy (non-hydrogen) atoms. The van der Waals surface area contributed by atoms with Crippen molar-refractivity contribution in [2.24, 2.45) is 5.92 Å². The molecule has 1 saturated heterocycles. The summed E-state index contributed by atoms with van der Waals surface area (Å²) in [6.45, 7) is 8.60. The summed E-state index contributed by atoms with van der Waals surface area (Å²) >= 11 is 3.34. The van der Waals surface area contributed by atoms with Crippen molar-refractivity contribution in [1.29, 1.82) is 0 Å². The number of hydrogen-bond donors (Lipinski definition) is 2. The van der Waals surface area contributed by atoms with Crippen LogP contribution in [0.1, 0.15) is 30.6 Å². The molecule has 1 aromatic carbocycles. The number of benzene rings is 1. The van der Waals surface area contributed by atoms with Crippen LogP contribution in [-0.2, 0) is 9.53 Å². The Morgan fingerprint density at radius 3 is 2.42 bits per heavy atom. The molecule has 1 fully saturated rings. The van der Waals surface area contributed by atoms with Crippen molar-refractivity contribution in [2.45, 2.75) is 26.3 Å². The van der Waals surface area contributed by atoms with E-state index in [1.54, 1.807) is 12.1 Å². The van der Waals surface area contributed by atoms with E-state index in [9.17, 15) is 9.59 Å². The highest BCUT2D eigenvalue weighted by Crippen LogP contribution is 2.12. The molecular formula is C19H28BrN3O3. The third-order valence-electron chi connectivity index (χ3n) is 4.54. The summed E-state index contributed by atoms with van der Waals surface area (Å²) in [5.41, 5.74) is 0.584. The monoisotopic (exact) mass is 425 g/mol. The van der Waals surface area contributed by atoms with Crippen LogP contribution in [0.5, 0.6) is 0 Å². The predicted molar refractivity (Wildman–Crippen MR) is 105 cm³/mol. The summed E-state index contributed by atoms with van der Waals surface area (Å²) < 4.78 is 6.33. The molecule has 1 aromatic rings. The van der Waals surface area contributed by atoms with Gasteiger partial charge in [-0.1, -0.05) is 29.8 Å². The molecule has 0 aliphatic carbocycles. The molecule has 0 saturated carbocycles. The standard InChI is InChI=1S/C19H28BrN3O3/c1-14(2)17(23-9-11-26-12-10-23)13-22-18(24)7-8-21-19(25)15-3-5-16(20)6-4-15/h3-6,14,17H,7-13H2,1-2H3,(H,21,25)(H,22,24). The molecule has 7 heteroatoms. The summed E-state index contributed by atoms with van der Waals surface area (Å²) in [7, 11) is 0. The Bertz CT molecular complexity index is 586. The Balaban J connectivity index is 1.70. The lowest BCUT2D eigenvalue weighted by molar-refractivity contribution is -0.121. The van der Waals surface area contributed by atoms with Crippen LogP contribution >= 0.6 is 15.9 Å². The first-order chi connectivity index (χ1) is 12.5. The Labute approximate surface area is 163 Å². The summed E-state index contributed by atoms with van der Waals surface area (Å²) in [5.74, 6) is 0.240. The van der Waals surface area contributed by atoms with Crippen LogP contribution in [0.2, 0.25) is 0 Å². The molecule has 0 radical (unpaired) electrons. The van der Waals surface area contributed by atoms with Gasteiger partial charge < -0.3 is 15.4 Å². The molecule has 2 rings (SSSR count). The maximum atomic E-state index is 12.1. The highest BCUT2D eigenvalue weighted by Gasteiger charge is 2.24. The lowest BCUT2D eigenvalue weighted by atomic mass is 10.0. The fourth-order valence-corrected chi connectivity index (χ4v) is 3.26. The first-order valence-electron chi connectivity index (χ1n) is 9.09. The first kappa shape index (κ1) is 20.9. The number of nitrogens with zero attached hydrogens (tertiary/aromatic N) is 1. The molecule has 2 amide bonds. The van der Waals surface area contributed by atoms with Crippen molar-refractivity contribution in [2.75, 3.05) is 39.4 Å². The zero-order chi connectivity index (χ0) is 18.9. The van der Waals surface area contributed by atoms with E-state index in [4.69, 9.17) is 4.74 Å². The van der Waals surface area contributed by atoms with E-state index in [1.165, 1.54) is 0 Å². The van der Waals surface area contributed by atoms with Gasteiger partial charge in [0.1, 0.15) is 0 Å². The van der Waals surface area contributed by atoms with Gasteiger partial charge in [-0.2, -0.15) is 0 Å². The number of hydrogen-bond acceptors (Lipinski definition) is 4. The number of ether oxygens (including phenoxy) is 1. The third-order valence-corrected chi connectivity index (χ3v) is 5.07. The zero-order valence-corrected chi connectivity index (χ0v) is 17.0. The predicted octanol–water partition coefficient (Wildman–Crippen LogP) is 2.04. The maximum absolute atomic E-state index is 12.1. The molecule has 0 spiro atoms. The van der Waals surface area contributed by atoms with Gasteiger partial charge in [-0.15, -0.1) is 0 Å². The van der Waals surface area contributed by atoms with Gasteiger partial charge in [-0.25, -0.2) is 0 Å². The molecule has 1 atom stereocenters. The Kier molecular flexibility index (Phi) is 8.54. The van der Waals surface area contributed by atoms with Crippen LogP contribution in [0.4, 0.5) is 0 Å². The number of rotatable bonds is 8. The molecule has 1 unspecified atom stereocenters. The molecule has 6 nitrogen and oxygen atoms in total. The van der Waals surface area contributed by atoms with Crippen molar-refractivity contribution in [1.82, 2.24) is 15.5 Å². The summed E-state index contributed by atoms with van der Waals surface area (Å²) in [6, 6.07) is 7.43. The number of morpholine rings is 1. The summed E-state index contributed by atoms with van der Waals surface area (Å²) in [4.78, 5) is 26.5. The smallest absolute Gasteiger partial charge is 0.251 e. The Morgan fingerprint density at radius 1 is 1.15 bits per heavy atom. The number of amides is 2. The second kappa shape index (κ2) is 10.6. The van der Waals surface area contributed by atoms with E-state index >= 15 is 0 Å². The van der Waals surface area contributed by atoms with Crippen molar-refractivity contribution < 1.29 is 14.3 Å². The topological polar surface area (TPSA) is 70.7 Å². The fourth-order valence-electron chi connectivity index (χ4n) is 3.00. The lowest BCUT2D eigenvalue weighted by Crippen LogP contribution is -2.51. The van der Waals surface area contributed by atoms with E-state index in [1.807, 2.05) is 12.1 Å². The average Bonchev–Trinajstić information content (AvgIpc) is 2.63. The molecule has 1 heterocycles. The Hall–Kier alpha value is -1.44. The largest absolute Gasteiger partial charge is 0.379 e. The van der Waals surface area contributed by atoms with Crippen LogP contribution in [-0.4, -0.2) is 62.1 Å². The maximum Gasteiger partial charge on any atom is 0.251 e. The second-order valence-electron chi connectivity index (χ2n) is 6.78. The van der Waals surface area contributed by atoms with Crippen molar-refractivity contribution in [3.05, 3.63) is 34.3 Å². The molecular weight excluding hydrogens is 398 g/mol. The summed E-state index contributed by atoms with van der Waals surface area (Å²) in [5, 5.41) is 5.78. The summed E-state index contributed by atoms with van der Waals surface area (Å²) in [6.07, 6.45) is 0.274. The van der Waals surface area contributed by atoms with Crippen LogP contribution in [0.15, 0.2) is 28.7 Å². The van der Waals surface area contributed by atoms with Gasteiger partial charge >= 0.3 is 0 Å². The Morgan fingerprint density at radius 2 is 1.81 bits per heavy atom. The molecule has 0 aromatic heterocycles. The lowest BCUT2D eigenvalue weighted by Gasteiger charge is -2.36. The number of nitrogens with one attached hydrogen (secondary N) is 2.